The molecule has 0 aliphatic heterocycles. The third-order valence-electron chi connectivity index (χ3n) is 3.64. The summed E-state index contributed by atoms with van der Waals surface area (Å²) in [4.78, 5) is 14.5. The summed E-state index contributed by atoms with van der Waals surface area (Å²) in [5.74, 6) is 0.356. The summed E-state index contributed by atoms with van der Waals surface area (Å²) in [5, 5.41) is 10.2. The molecule has 7 heteroatoms. The van der Waals surface area contributed by atoms with E-state index in [-0.39, 0.29) is 17.8 Å². The van der Waals surface area contributed by atoms with Gasteiger partial charge in [0.15, 0.2) is 5.76 Å². The summed E-state index contributed by atoms with van der Waals surface area (Å²) in [6, 6.07) is 10.8. The Hall–Kier alpha value is -3.09. The standard InChI is InChI=1S/C17H18N4O3/c1-3-21(4-2)13-9-7-12(8-10-13)15(22)18-17-20-19-16(24-17)14-6-5-11-23-14/h5-11H,3-4H2,1-2H3,(H,18,20,22). The lowest BCUT2D eigenvalue weighted by molar-refractivity contribution is 0.102. The van der Waals surface area contributed by atoms with Crippen molar-refractivity contribution in [1.29, 1.82) is 0 Å². The van der Waals surface area contributed by atoms with Gasteiger partial charge in [-0.05, 0) is 50.2 Å². The van der Waals surface area contributed by atoms with Crippen LogP contribution in [0.15, 0.2) is 51.5 Å². The van der Waals surface area contributed by atoms with Crippen LogP contribution >= 0.6 is 0 Å². The highest BCUT2D eigenvalue weighted by Gasteiger charge is 2.14. The highest BCUT2D eigenvalue weighted by molar-refractivity contribution is 6.03. The van der Waals surface area contributed by atoms with Crippen molar-refractivity contribution in [2.45, 2.75) is 13.8 Å². The van der Waals surface area contributed by atoms with Gasteiger partial charge in [0.2, 0.25) is 0 Å². The summed E-state index contributed by atoms with van der Waals surface area (Å²) < 4.78 is 10.5. The number of furan rings is 1. The Balaban J connectivity index is 1.69. The third-order valence-corrected chi connectivity index (χ3v) is 3.64. The van der Waals surface area contributed by atoms with Crippen LogP contribution in [0.4, 0.5) is 11.7 Å². The molecule has 2 heterocycles. The van der Waals surface area contributed by atoms with Gasteiger partial charge in [0.05, 0.1) is 6.26 Å². The van der Waals surface area contributed by atoms with Crippen molar-refractivity contribution in [2.24, 2.45) is 0 Å². The molecule has 0 fully saturated rings. The maximum Gasteiger partial charge on any atom is 0.322 e. The second-order valence-corrected chi connectivity index (χ2v) is 5.06. The lowest BCUT2D eigenvalue weighted by Crippen LogP contribution is -2.21. The smallest absolute Gasteiger partial charge is 0.322 e. The van der Waals surface area contributed by atoms with E-state index < -0.39 is 0 Å². The van der Waals surface area contributed by atoms with Crippen molar-refractivity contribution in [2.75, 3.05) is 23.3 Å². The molecule has 2 aromatic heterocycles. The summed E-state index contributed by atoms with van der Waals surface area (Å²) >= 11 is 0. The summed E-state index contributed by atoms with van der Waals surface area (Å²) in [7, 11) is 0. The van der Waals surface area contributed by atoms with Crippen molar-refractivity contribution in [3.63, 3.8) is 0 Å². The van der Waals surface area contributed by atoms with E-state index in [1.54, 1.807) is 24.3 Å². The number of nitrogens with zero attached hydrogens (tertiary/aromatic N) is 3. The SMILES string of the molecule is CCN(CC)c1ccc(C(=O)Nc2nnc(-c3ccco3)o2)cc1. The Morgan fingerprint density at radius 2 is 1.88 bits per heavy atom. The van der Waals surface area contributed by atoms with Crippen molar-refractivity contribution < 1.29 is 13.6 Å². The molecular formula is C17H18N4O3. The molecule has 0 bridgehead atoms. The number of rotatable bonds is 6. The number of nitrogens with one attached hydrogen (secondary N) is 1. The fraction of sp³-hybridized carbons (Fsp3) is 0.235. The first kappa shape index (κ1) is 15.8. The average molecular weight is 326 g/mol. The zero-order valence-electron chi connectivity index (χ0n) is 13.5. The van der Waals surface area contributed by atoms with Crippen LogP contribution in [0.25, 0.3) is 11.7 Å². The molecule has 3 rings (SSSR count). The first-order valence-corrected chi connectivity index (χ1v) is 7.75. The number of hydrogen-bond donors (Lipinski definition) is 1. The second-order valence-electron chi connectivity index (χ2n) is 5.06. The van der Waals surface area contributed by atoms with Gasteiger partial charge < -0.3 is 13.7 Å². The first-order chi connectivity index (χ1) is 11.7. The van der Waals surface area contributed by atoms with E-state index >= 15 is 0 Å². The van der Waals surface area contributed by atoms with E-state index in [9.17, 15) is 4.79 Å². The van der Waals surface area contributed by atoms with Crippen molar-refractivity contribution >= 4 is 17.6 Å². The summed E-state index contributed by atoms with van der Waals surface area (Å²) in [6.07, 6.45) is 1.51. The Kier molecular flexibility index (Phi) is 4.60. The van der Waals surface area contributed by atoms with Gasteiger partial charge in [-0.3, -0.25) is 10.1 Å². The van der Waals surface area contributed by atoms with Crippen LogP contribution in [0.5, 0.6) is 0 Å². The van der Waals surface area contributed by atoms with Crippen LogP contribution in [-0.4, -0.2) is 29.2 Å². The molecule has 24 heavy (non-hydrogen) atoms. The quantitative estimate of drug-likeness (QED) is 0.747. The van der Waals surface area contributed by atoms with Crippen LogP contribution < -0.4 is 10.2 Å². The molecule has 0 aliphatic rings. The monoisotopic (exact) mass is 326 g/mol. The van der Waals surface area contributed by atoms with Crippen molar-refractivity contribution in [3.8, 4) is 11.7 Å². The molecule has 0 radical (unpaired) electrons. The number of carbonyl (C=O) groups excluding carboxylic acids is 1. The van der Waals surface area contributed by atoms with Gasteiger partial charge in [0.1, 0.15) is 0 Å². The predicted octanol–water partition coefficient (Wildman–Crippen LogP) is 3.43. The topological polar surface area (TPSA) is 84.4 Å². The first-order valence-electron chi connectivity index (χ1n) is 7.75. The van der Waals surface area contributed by atoms with Gasteiger partial charge in [0, 0.05) is 24.3 Å². The van der Waals surface area contributed by atoms with Gasteiger partial charge in [-0.25, -0.2) is 0 Å². The number of carbonyl (C=O) groups is 1. The van der Waals surface area contributed by atoms with E-state index in [4.69, 9.17) is 8.83 Å². The van der Waals surface area contributed by atoms with Crippen LogP contribution in [0.2, 0.25) is 0 Å². The Bertz CT molecular complexity index is 790. The van der Waals surface area contributed by atoms with Gasteiger partial charge in [-0.1, -0.05) is 5.10 Å². The Labute approximate surface area is 139 Å². The fourth-order valence-corrected chi connectivity index (χ4v) is 2.36. The highest BCUT2D eigenvalue weighted by Crippen LogP contribution is 2.20. The normalized spacial score (nSPS) is 10.6. The summed E-state index contributed by atoms with van der Waals surface area (Å²) in [6.45, 7) is 6.02. The van der Waals surface area contributed by atoms with Gasteiger partial charge >= 0.3 is 6.01 Å². The van der Waals surface area contributed by atoms with Crippen LogP contribution in [0.3, 0.4) is 0 Å². The van der Waals surface area contributed by atoms with Crippen molar-refractivity contribution in [1.82, 2.24) is 10.2 Å². The molecule has 0 spiro atoms. The maximum atomic E-state index is 12.3. The number of amides is 1. The largest absolute Gasteiger partial charge is 0.459 e. The third kappa shape index (κ3) is 3.29. The second kappa shape index (κ2) is 6.99. The van der Waals surface area contributed by atoms with E-state index in [0.29, 0.717) is 11.3 Å². The molecule has 0 aliphatic carbocycles. The van der Waals surface area contributed by atoms with E-state index in [2.05, 4.69) is 34.3 Å². The number of aromatic nitrogens is 2. The zero-order valence-corrected chi connectivity index (χ0v) is 13.5. The lowest BCUT2D eigenvalue weighted by Gasteiger charge is -2.20. The molecular weight excluding hydrogens is 308 g/mol. The molecule has 3 aromatic rings. The molecule has 0 saturated heterocycles. The predicted molar refractivity (Wildman–Crippen MR) is 90.0 cm³/mol. The molecule has 7 nitrogen and oxygen atoms in total. The minimum atomic E-state index is -0.309. The molecule has 0 atom stereocenters. The molecule has 1 aromatic carbocycles. The molecule has 124 valence electrons. The highest BCUT2D eigenvalue weighted by atomic mass is 16.4. The van der Waals surface area contributed by atoms with E-state index in [1.165, 1.54) is 6.26 Å². The number of benzene rings is 1. The average Bonchev–Trinajstić information content (AvgIpc) is 3.28. The van der Waals surface area contributed by atoms with Crippen LogP contribution in [0.1, 0.15) is 24.2 Å². The number of anilines is 2. The molecule has 0 saturated carbocycles. The van der Waals surface area contributed by atoms with Gasteiger partial charge in [-0.15, -0.1) is 5.10 Å². The fourth-order valence-electron chi connectivity index (χ4n) is 2.36. The minimum absolute atomic E-state index is 0.0271. The lowest BCUT2D eigenvalue weighted by atomic mass is 10.2. The van der Waals surface area contributed by atoms with Crippen LogP contribution in [-0.2, 0) is 0 Å². The Morgan fingerprint density at radius 3 is 2.50 bits per heavy atom. The zero-order chi connectivity index (χ0) is 16.9. The number of hydrogen-bond acceptors (Lipinski definition) is 6. The van der Waals surface area contributed by atoms with Crippen molar-refractivity contribution in [3.05, 3.63) is 48.2 Å². The van der Waals surface area contributed by atoms with Gasteiger partial charge in [-0.2, -0.15) is 0 Å². The maximum absolute atomic E-state index is 12.3. The summed E-state index contributed by atoms with van der Waals surface area (Å²) in [5.41, 5.74) is 1.60. The molecule has 1 N–H and O–H groups in total. The van der Waals surface area contributed by atoms with Crippen LogP contribution in [0, 0.1) is 0 Å². The minimum Gasteiger partial charge on any atom is -0.459 e. The van der Waals surface area contributed by atoms with E-state index in [0.717, 1.165) is 18.8 Å². The Morgan fingerprint density at radius 1 is 1.12 bits per heavy atom. The molecule has 0 unspecified atom stereocenters. The molecule has 1 amide bonds. The van der Waals surface area contributed by atoms with E-state index in [1.807, 2.05) is 12.1 Å². The van der Waals surface area contributed by atoms with Gasteiger partial charge in [0.25, 0.3) is 11.8 Å².